The Morgan fingerprint density at radius 2 is 2.06 bits per heavy atom. The van der Waals surface area contributed by atoms with Gasteiger partial charge in [-0.25, -0.2) is 0 Å². The van der Waals surface area contributed by atoms with Crippen molar-refractivity contribution in [1.82, 2.24) is 0 Å². The normalized spacial score (nSPS) is 10.4. The van der Waals surface area contributed by atoms with Crippen molar-refractivity contribution in [3.8, 4) is 0 Å². The van der Waals surface area contributed by atoms with Crippen LogP contribution in [-0.4, -0.2) is 5.91 Å². The van der Waals surface area contributed by atoms with Crippen LogP contribution in [0.3, 0.4) is 0 Å². The summed E-state index contributed by atoms with van der Waals surface area (Å²) in [6.07, 6.45) is 0. The molecule has 0 aliphatic heterocycles. The number of carbonyl (C=O) groups is 1. The molecule has 18 heavy (non-hydrogen) atoms. The Hall–Kier alpha value is -0.560. The number of hydrogen-bond acceptors (Lipinski definition) is 3. The van der Waals surface area contributed by atoms with E-state index in [9.17, 15) is 4.79 Å². The van der Waals surface area contributed by atoms with Crippen molar-refractivity contribution in [1.29, 1.82) is 0 Å². The molecule has 1 amide bonds. The highest BCUT2D eigenvalue weighted by Crippen LogP contribution is 2.33. The largest absolute Gasteiger partial charge is 0.399 e. The minimum Gasteiger partial charge on any atom is -0.399 e. The molecular formula is C11H7Br2ClN2OS. The summed E-state index contributed by atoms with van der Waals surface area (Å²) < 4.78 is 1.72. The second kappa shape index (κ2) is 5.61. The van der Waals surface area contributed by atoms with Crippen molar-refractivity contribution in [2.24, 2.45) is 0 Å². The quantitative estimate of drug-likeness (QED) is 0.702. The minimum atomic E-state index is -0.210. The molecule has 0 saturated heterocycles. The predicted octanol–water partition coefficient (Wildman–Crippen LogP) is 4.76. The fourth-order valence-corrected chi connectivity index (χ4v) is 3.44. The maximum absolute atomic E-state index is 12.0. The number of thiophene rings is 1. The predicted molar refractivity (Wildman–Crippen MR) is 83.5 cm³/mol. The summed E-state index contributed by atoms with van der Waals surface area (Å²) in [5.41, 5.74) is 6.68. The van der Waals surface area contributed by atoms with E-state index in [1.807, 2.05) is 0 Å². The number of halogens is 3. The lowest BCUT2D eigenvalue weighted by Gasteiger charge is -2.06. The molecule has 1 aromatic carbocycles. The highest BCUT2D eigenvalue weighted by Gasteiger charge is 2.13. The lowest BCUT2D eigenvalue weighted by molar-refractivity contribution is 0.103. The summed E-state index contributed by atoms with van der Waals surface area (Å²) in [7, 11) is 0. The third kappa shape index (κ3) is 3.06. The Bertz CT molecular complexity index is 596. The van der Waals surface area contributed by atoms with Crippen LogP contribution in [0.15, 0.2) is 32.5 Å². The van der Waals surface area contributed by atoms with Crippen LogP contribution in [0, 0.1) is 0 Å². The molecule has 0 bridgehead atoms. The lowest BCUT2D eigenvalue weighted by Crippen LogP contribution is -2.10. The fourth-order valence-electron chi connectivity index (χ4n) is 1.28. The Kier molecular flexibility index (Phi) is 4.32. The molecule has 3 nitrogen and oxygen atoms in total. The Morgan fingerprint density at radius 3 is 2.61 bits per heavy atom. The molecule has 0 spiro atoms. The van der Waals surface area contributed by atoms with E-state index in [4.69, 9.17) is 17.3 Å². The summed E-state index contributed by atoms with van der Waals surface area (Å²) in [5.74, 6) is -0.210. The maximum atomic E-state index is 12.0. The number of anilines is 2. The molecule has 0 aliphatic carbocycles. The third-order valence-electron chi connectivity index (χ3n) is 2.11. The first-order chi connectivity index (χ1) is 8.47. The molecule has 1 heterocycles. The van der Waals surface area contributed by atoms with Gasteiger partial charge in [-0.15, -0.1) is 11.3 Å². The van der Waals surface area contributed by atoms with E-state index in [1.54, 1.807) is 24.3 Å². The van der Waals surface area contributed by atoms with Gasteiger partial charge in [-0.3, -0.25) is 4.79 Å². The number of amides is 1. The number of benzene rings is 1. The van der Waals surface area contributed by atoms with Gasteiger partial charge in [0.05, 0.1) is 19.4 Å². The van der Waals surface area contributed by atoms with E-state index < -0.39 is 0 Å². The van der Waals surface area contributed by atoms with Gasteiger partial charge >= 0.3 is 0 Å². The highest BCUT2D eigenvalue weighted by molar-refractivity contribution is 9.13. The lowest BCUT2D eigenvalue weighted by atomic mass is 10.3. The van der Waals surface area contributed by atoms with E-state index in [0.29, 0.717) is 21.3 Å². The second-order valence-electron chi connectivity index (χ2n) is 3.43. The summed E-state index contributed by atoms with van der Waals surface area (Å²) >= 11 is 14.0. The van der Waals surface area contributed by atoms with Gasteiger partial charge in [0.25, 0.3) is 5.91 Å². The SMILES string of the molecule is Nc1ccc(NC(=O)c2cc(Br)c(Br)s2)c(Cl)c1. The van der Waals surface area contributed by atoms with Gasteiger partial charge in [-0.2, -0.15) is 0 Å². The smallest absolute Gasteiger partial charge is 0.265 e. The molecule has 94 valence electrons. The van der Waals surface area contributed by atoms with Gasteiger partial charge in [0.15, 0.2) is 0 Å². The van der Waals surface area contributed by atoms with E-state index in [0.717, 1.165) is 8.26 Å². The van der Waals surface area contributed by atoms with Crippen molar-refractivity contribution < 1.29 is 4.79 Å². The van der Waals surface area contributed by atoms with Gasteiger partial charge in [0.2, 0.25) is 0 Å². The van der Waals surface area contributed by atoms with Gasteiger partial charge < -0.3 is 11.1 Å². The van der Waals surface area contributed by atoms with Gasteiger partial charge in [-0.05, 0) is 56.1 Å². The van der Waals surface area contributed by atoms with E-state index in [1.165, 1.54) is 11.3 Å². The Balaban J connectivity index is 2.21. The molecule has 7 heteroatoms. The monoisotopic (exact) mass is 408 g/mol. The number of hydrogen-bond donors (Lipinski definition) is 2. The molecule has 2 rings (SSSR count). The van der Waals surface area contributed by atoms with Crippen LogP contribution in [0.25, 0.3) is 0 Å². The van der Waals surface area contributed by atoms with E-state index in [2.05, 4.69) is 37.2 Å². The second-order valence-corrected chi connectivity index (χ2v) is 7.06. The minimum absolute atomic E-state index is 0.210. The zero-order chi connectivity index (χ0) is 13.3. The van der Waals surface area contributed by atoms with Crippen LogP contribution in [0.2, 0.25) is 5.02 Å². The van der Waals surface area contributed by atoms with Crippen molar-refractivity contribution in [3.05, 3.63) is 42.4 Å². The molecule has 0 radical (unpaired) electrons. The fraction of sp³-hybridized carbons (Fsp3) is 0. The first-order valence-corrected chi connectivity index (χ1v) is 7.56. The number of nitrogen functional groups attached to an aromatic ring is 1. The van der Waals surface area contributed by atoms with Gasteiger partial charge in [0.1, 0.15) is 0 Å². The molecule has 0 unspecified atom stereocenters. The van der Waals surface area contributed by atoms with E-state index >= 15 is 0 Å². The molecule has 1 aromatic heterocycles. The molecule has 0 saturated carbocycles. The van der Waals surface area contributed by atoms with Crippen LogP contribution in [0.1, 0.15) is 9.67 Å². The molecule has 0 fully saturated rings. The number of nitrogens with two attached hydrogens (primary N) is 1. The molecular weight excluding hydrogens is 403 g/mol. The van der Waals surface area contributed by atoms with Crippen LogP contribution in [0.4, 0.5) is 11.4 Å². The van der Waals surface area contributed by atoms with Crippen LogP contribution < -0.4 is 11.1 Å². The standard InChI is InChI=1S/C11H7Br2ClN2OS/c12-6-4-9(18-10(6)13)11(17)16-8-2-1-5(15)3-7(8)14/h1-4H,15H2,(H,16,17). The third-order valence-corrected chi connectivity index (χ3v) is 5.68. The summed E-state index contributed by atoms with van der Waals surface area (Å²) in [6.45, 7) is 0. The van der Waals surface area contributed by atoms with Crippen LogP contribution in [0.5, 0.6) is 0 Å². The summed E-state index contributed by atoms with van der Waals surface area (Å²) in [4.78, 5) is 12.6. The first-order valence-electron chi connectivity index (χ1n) is 4.78. The Labute approximate surface area is 130 Å². The highest BCUT2D eigenvalue weighted by atomic mass is 79.9. The summed E-state index contributed by atoms with van der Waals surface area (Å²) in [5, 5.41) is 3.15. The molecule has 2 aromatic rings. The topological polar surface area (TPSA) is 55.1 Å². The average molecular weight is 411 g/mol. The molecule has 0 atom stereocenters. The number of nitrogens with one attached hydrogen (secondary N) is 1. The van der Waals surface area contributed by atoms with Gasteiger partial charge in [0, 0.05) is 10.2 Å². The zero-order valence-corrected chi connectivity index (χ0v) is 13.6. The van der Waals surface area contributed by atoms with Crippen LogP contribution in [-0.2, 0) is 0 Å². The van der Waals surface area contributed by atoms with Crippen LogP contribution >= 0.6 is 54.8 Å². The zero-order valence-electron chi connectivity index (χ0n) is 8.84. The maximum Gasteiger partial charge on any atom is 0.265 e. The average Bonchev–Trinajstić information content (AvgIpc) is 2.63. The van der Waals surface area contributed by atoms with Crippen molar-refractivity contribution in [3.63, 3.8) is 0 Å². The number of carbonyl (C=O) groups excluding carboxylic acids is 1. The molecule has 0 aliphatic rings. The first kappa shape index (κ1) is 13.9. The molecule has 3 N–H and O–H groups in total. The summed E-state index contributed by atoms with van der Waals surface area (Å²) in [6, 6.07) is 6.70. The van der Waals surface area contributed by atoms with Crippen molar-refractivity contribution >= 4 is 72.1 Å². The van der Waals surface area contributed by atoms with Crippen molar-refractivity contribution in [2.45, 2.75) is 0 Å². The Morgan fingerprint density at radius 1 is 1.33 bits per heavy atom. The number of rotatable bonds is 2. The van der Waals surface area contributed by atoms with E-state index in [-0.39, 0.29) is 5.91 Å². The van der Waals surface area contributed by atoms with Gasteiger partial charge in [-0.1, -0.05) is 11.6 Å². The van der Waals surface area contributed by atoms with Crippen molar-refractivity contribution in [2.75, 3.05) is 11.1 Å².